The first kappa shape index (κ1) is 18.6. The Morgan fingerprint density at radius 1 is 1.08 bits per heavy atom. The van der Waals surface area contributed by atoms with E-state index in [1.165, 1.54) is 30.1 Å². The quantitative estimate of drug-likeness (QED) is 0.576. The molecule has 0 saturated carbocycles. The summed E-state index contributed by atoms with van der Waals surface area (Å²) in [6, 6.07) is 13.5. The number of amides is 1. The first-order valence-electron chi connectivity index (χ1n) is 7.26. The average Bonchev–Trinajstić information content (AvgIpc) is 2.61. The number of nitrogens with zero attached hydrogens (tertiary/aromatic N) is 3. The van der Waals surface area contributed by atoms with Gasteiger partial charge in [0.05, 0.1) is 16.4 Å². The third-order valence-corrected chi connectivity index (χ3v) is 5.41. The molecule has 1 amide bonds. The normalized spacial score (nSPS) is 11.3. The Bertz CT molecular complexity index is 884. The van der Waals surface area contributed by atoms with Gasteiger partial charge in [-0.2, -0.15) is 4.31 Å². The molecule has 0 saturated heterocycles. The number of carbonyl (C=O) groups excluding carboxylic acids is 1. The number of benzene rings is 2. The Balaban J connectivity index is 2.19. The summed E-state index contributed by atoms with van der Waals surface area (Å²) < 4.78 is 25.9. The van der Waals surface area contributed by atoms with E-state index in [9.17, 15) is 23.3 Å². The molecule has 2 rings (SSSR count). The van der Waals surface area contributed by atoms with Crippen molar-refractivity contribution < 1.29 is 18.1 Å². The number of para-hydroxylation sites is 1. The van der Waals surface area contributed by atoms with E-state index in [1.54, 1.807) is 37.4 Å². The van der Waals surface area contributed by atoms with Crippen LogP contribution < -0.4 is 4.90 Å². The minimum Gasteiger partial charge on any atom is -0.314 e. The monoisotopic (exact) mass is 363 g/mol. The van der Waals surface area contributed by atoms with Gasteiger partial charge >= 0.3 is 0 Å². The molecular weight excluding hydrogens is 346 g/mol. The molecule has 132 valence electrons. The molecule has 0 radical (unpaired) electrons. The summed E-state index contributed by atoms with van der Waals surface area (Å²) in [6.07, 6.45) is 0. The summed E-state index contributed by atoms with van der Waals surface area (Å²) in [5.74, 6) is -0.428. The van der Waals surface area contributed by atoms with E-state index in [1.807, 2.05) is 0 Å². The van der Waals surface area contributed by atoms with Gasteiger partial charge in [-0.15, -0.1) is 0 Å². The third-order valence-electron chi connectivity index (χ3n) is 3.61. The largest absolute Gasteiger partial charge is 0.314 e. The molecule has 0 aliphatic rings. The van der Waals surface area contributed by atoms with Crippen molar-refractivity contribution in [3.05, 3.63) is 64.7 Å². The Labute approximate surface area is 145 Å². The lowest BCUT2D eigenvalue weighted by Gasteiger charge is -2.22. The highest BCUT2D eigenvalue weighted by Crippen LogP contribution is 2.20. The van der Waals surface area contributed by atoms with Crippen LogP contribution in [0, 0.1) is 10.1 Å². The molecule has 2 aromatic carbocycles. The van der Waals surface area contributed by atoms with Crippen LogP contribution in [0.4, 0.5) is 11.4 Å². The highest BCUT2D eigenvalue weighted by atomic mass is 32.2. The second-order valence-electron chi connectivity index (χ2n) is 5.30. The summed E-state index contributed by atoms with van der Waals surface area (Å²) >= 11 is 0. The van der Waals surface area contributed by atoms with Gasteiger partial charge in [-0.05, 0) is 18.2 Å². The lowest BCUT2D eigenvalue weighted by molar-refractivity contribution is -0.385. The molecule has 0 aliphatic carbocycles. The van der Waals surface area contributed by atoms with E-state index in [-0.39, 0.29) is 10.6 Å². The van der Waals surface area contributed by atoms with Crippen LogP contribution in [-0.2, 0) is 14.8 Å². The maximum Gasteiger partial charge on any atom is 0.270 e. The molecule has 0 bridgehead atoms. The number of carbonyl (C=O) groups is 1. The minimum atomic E-state index is -4.02. The van der Waals surface area contributed by atoms with Crippen LogP contribution in [0.15, 0.2) is 59.5 Å². The Kier molecular flexibility index (Phi) is 5.50. The fourth-order valence-electron chi connectivity index (χ4n) is 2.11. The maximum absolute atomic E-state index is 12.5. The summed E-state index contributed by atoms with van der Waals surface area (Å²) in [4.78, 5) is 23.6. The van der Waals surface area contributed by atoms with Gasteiger partial charge in [0.1, 0.15) is 0 Å². The molecule has 25 heavy (non-hydrogen) atoms. The number of anilines is 1. The predicted molar refractivity (Wildman–Crippen MR) is 92.8 cm³/mol. The Morgan fingerprint density at radius 2 is 1.72 bits per heavy atom. The Hall–Kier alpha value is -2.78. The van der Waals surface area contributed by atoms with Crippen LogP contribution in [0.2, 0.25) is 0 Å². The van der Waals surface area contributed by atoms with Crippen LogP contribution in [0.5, 0.6) is 0 Å². The number of hydrogen-bond donors (Lipinski definition) is 0. The molecule has 0 fully saturated rings. The molecule has 0 spiro atoms. The highest BCUT2D eigenvalue weighted by molar-refractivity contribution is 7.89. The third kappa shape index (κ3) is 4.20. The molecular formula is C16H17N3O5S. The summed E-state index contributed by atoms with van der Waals surface area (Å²) in [5.41, 5.74) is 0.302. The van der Waals surface area contributed by atoms with E-state index in [4.69, 9.17) is 0 Å². The molecule has 0 N–H and O–H groups in total. The van der Waals surface area contributed by atoms with Crippen molar-refractivity contribution in [1.82, 2.24) is 4.31 Å². The molecule has 0 aliphatic heterocycles. The fraction of sp³-hybridized carbons (Fsp3) is 0.188. The summed E-state index contributed by atoms with van der Waals surface area (Å²) in [6.45, 7) is -0.392. The fourth-order valence-corrected chi connectivity index (χ4v) is 3.28. The van der Waals surface area contributed by atoms with Crippen molar-refractivity contribution in [2.45, 2.75) is 4.90 Å². The zero-order valence-electron chi connectivity index (χ0n) is 13.7. The molecule has 0 aromatic heterocycles. The van der Waals surface area contributed by atoms with Gasteiger partial charge in [-0.1, -0.05) is 24.3 Å². The van der Waals surface area contributed by atoms with Gasteiger partial charge < -0.3 is 4.90 Å². The number of likely N-dealkylation sites (N-methyl/N-ethyl adjacent to an activating group) is 2. The number of non-ortho nitro benzene ring substituents is 1. The van der Waals surface area contributed by atoms with E-state index in [0.29, 0.717) is 5.69 Å². The van der Waals surface area contributed by atoms with Crippen molar-refractivity contribution in [3.8, 4) is 0 Å². The van der Waals surface area contributed by atoms with Crippen molar-refractivity contribution in [2.75, 3.05) is 25.5 Å². The van der Waals surface area contributed by atoms with Gasteiger partial charge in [0.2, 0.25) is 15.9 Å². The van der Waals surface area contributed by atoms with Crippen molar-refractivity contribution >= 4 is 27.3 Å². The van der Waals surface area contributed by atoms with Gasteiger partial charge in [0.25, 0.3) is 5.69 Å². The van der Waals surface area contributed by atoms with Crippen LogP contribution in [0.25, 0.3) is 0 Å². The standard InChI is InChI=1S/C16H17N3O5S/c1-17(12-16(20)18(2)13-7-4-3-5-8-13)25(23,24)15-10-6-9-14(11-15)19(21)22/h3-11H,12H2,1-2H3. The lowest BCUT2D eigenvalue weighted by atomic mass is 10.3. The van der Waals surface area contributed by atoms with Crippen LogP contribution >= 0.6 is 0 Å². The van der Waals surface area contributed by atoms with E-state index < -0.39 is 27.4 Å². The molecule has 9 heteroatoms. The highest BCUT2D eigenvalue weighted by Gasteiger charge is 2.26. The number of hydrogen-bond acceptors (Lipinski definition) is 5. The van der Waals surface area contributed by atoms with Gasteiger partial charge in [-0.25, -0.2) is 8.42 Å². The Morgan fingerprint density at radius 3 is 2.32 bits per heavy atom. The average molecular weight is 363 g/mol. The molecule has 0 unspecified atom stereocenters. The first-order chi connectivity index (χ1) is 11.7. The maximum atomic E-state index is 12.5. The van der Waals surface area contributed by atoms with E-state index in [0.717, 1.165) is 10.4 Å². The van der Waals surface area contributed by atoms with Crippen LogP contribution in [0.3, 0.4) is 0 Å². The number of nitro groups is 1. The number of nitro benzene ring substituents is 1. The summed E-state index contributed by atoms with van der Waals surface area (Å²) in [7, 11) is -1.22. The van der Waals surface area contributed by atoms with Crippen molar-refractivity contribution in [1.29, 1.82) is 0 Å². The van der Waals surface area contributed by atoms with Gasteiger partial charge in [0, 0.05) is 31.9 Å². The van der Waals surface area contributed by atoms with Gasteiger partial charge in [0.15, 0.2) is 0 Å². The second-order valence-corrected chi connectivity index (χ2v) is 7.35. The van der Waals surface area contributed by atoms with E-state index >= 15 is 0 Å². The lowest BCUT2D eigenvalue weighted by Crippen LogP contribution is -2.39. The van der Waals surface area contributed by atoms with Crippen LogP contribution in [0.1, 0.15) is 0 Å². The zero-order valence-corrected chi connectivity index (χ0v) is 14.5. The zero-order chi connectivity index (χ0) is 18.6. The smallest absolute Gasteiger partial charge is 0.270 e. The summed E-state index contributed by atoms with van der Waals surface area (Å²) in [5, 5.41) is 10.8. The predicted octanol–water partition coefficient (Wildman–Crippen LogP) is 1.88. The number of rotatable bonds is 6. The molecule has 0 heterocycles. The van der Waals surface area contributed by atoms with Crippen LogP contribution in [-0.4, -0.2) is 44.2 Å². The van der Waals surface area contributed by atoms with Crippen molar-refractivity contribution in [2.24, 2.45) is 0 Å². The number of sulfonamides is 1. The molecule has 0 atom stereocenters. The SMILES string of the molecule is CN(C(=O)CN(C)S(=O)(=O)c1cccc([N+](=O)[O-])c1)c1ccccc1. The topological polar surface area (TPSA) is 101 Å². The minimum absolute atomic E-state index is 0.237. The molecule has 2 aromatic rings. The molecule has 8 nitrogen and oxygen atoms in total. The second kappa shape index (κ2) is 7.41. The van der Waals surface area contributed by atoms with E-state index in [2.05, 4.69) is 0 Å². The van der Waals surface area contributed by atoms with Gasteiger partial charge in [-0.3, -0.25) is 14.9 Å². The first-order valence-corrected chi connectivity index (χ1v) is 8.70. The van der Waals surface area contributed by atoms with Crippen molar-refractivity contribution in [3.63, 3.8) is 0 Å².